The first-order valence-electron chi connectivity index (χ1n) is 18.1. The molecule has 0 heterocycles. The molecule has 234 valence electrons. The Morgan fingerprint density at radius 2 is 0.667 bits per heavy atom. The van der Waals surface area contributed by atoms with Gasteiger partial charge in [0.05, 0.1) is 6.10 Å². The summed E-state index contributed by atoms with van der Waals surface area (Å²) in [6.45, 7) is 4.52. The fourth-order valence-electron chi connectivity index (χ4n) is 5.97. The van der Waals surface area contributed by atoms with E-state index in [2.05, 4.69) is 13.8 Å². The van der Waals surface area contributed by atoms with Crippen molar-refractivity contribution in [3.05, 3.63) is 0 Å². The van der Waals surface area contributed by atoms with Crippen molar-refractivity contribution in [2.75, 3.05) is 0 Å². The molecule has 0 aliphatic carbocycles. The van der Waals surface area contributed by atoms with Gasteiger partial charge in [0.25, 0.3) is 0 Å². The first-order valence-corrected chi connectivity index (χ1v) is 18.1. The Balaban J connectivity index is 3.44. The predicted octanol–water partition coefficient (Wildman–Crippen LogP) is 11.6. The number of rotatable bonds is 33. The SMILES string of the molecule is CCCCCCCCCCCCCCCCCCC(CCCCCCCCCC(O)CCCCCC)C(N)=O. The standard InChI is InChI=1S/C36H73NO2/c1-3-5-7-9-10-11-12-13-14-15-16-17-18-20-23-26-30-34(36(37)39)31-27-24-21-19-22-25-29-33-35(38)32-28-8-6-4-2/h34-35,38H,3-33H2,1-2H3,(H2,37,39). The highest BCUT2D eigenvalue weighted by molar-refractivity contribution is 5.76. The van der Waals surface area contributed by atoms with Crippen molar-refractivity contribution in [3.63, 3.8) is 0 Å². The van der Waals surface area contributed by atoms with Crippen LogP contribution >= 0.6 is 0 Å². The summed E-state index contributed by atoms with van der Waals surface area (Å²) >= 11 is 0. The summed E-state index contributed by atoms with van der Waals surface area (Å²) in [5.74, 6) is 0.0136. The summed E-state index contributed by atoms with van der Waals surface area (Å²) in [4.78, 5) is 11.9. The van der Waals surface area contributed by atoms with Crippen molar-refractivity contribution >= 4 is 5.91 Å². The molecule has 0 aliphatic heterocycles. The van der Waals surface area contributed by atoms with Gasteiger partial charge in [-0.25, -0.2) is 0 Å². The number of carbonyl (C=O) groups is 1. The Kier molecular flexibility index (Phi) is 31.5. The van der Waals surface area contributed by atoms with Gasteiger partial charge in [-0.3, -0.25) is 4.79 Å². The number of hydrogen-bond donors (Lipinski definition) is 2. The molecular formula is C36H73NO2. The lowest BCUT2D eigenvalue weighted by molar-refractivity contribution is -0.122. The maximum absolute atomic E-state index is 11.9. The van der Waals surface area contributed by atoms with Gasteiger partial charge >= 0.3 is 0 Å². The third-order valence-electron chi connectivity index (χ3n) is 8.79. The average molecular weight is 552 g/mol. The van der Waals surface area contributed by atoms with Gasteiger partial charge in [-0.15, -0.1) is 0 Å². The molecule has 3 N–H and O–H groups in total. The Morgan fingerprint density at radius 3 is 0.949 bits per heavy atom. The monoisotopic (exact) mass is 552 g/mol. The molecule has 0 saturated heterocycles. The van der Waals surface area contributed by atoms with Crippen LogP contribution in [0.2, 0.25) is 0 Å². The van der Waals surface area contributed by atoms with Gasteiger partial charge in [0.1, 0.15) is 0 Å². The van der Waals surface area contributed by atoms with E-state index in [0.29, 0.717) is 0 Å². The molecule has 0 spiro atoms. The molecule has 0 aromatic carbocycles. The Hall–Kier alpha value is -0.570. The third kappa shape index (κ3) is 30.2. The van der Waals surface area contributed by atoms with E-state index in [4.69, 9.17) is 5.73 Å². The van der Waals surface area contributed by atoms with E-state index in [-0.39, 0.29) is 17.9 Å². The molecule has 0 aromatic rings. The number of carbonyl (C=O) groups excluding carboxylic acids is 1. The number of nitrogens with two attached hydrogens (primary N) is 1. The first-order chi connectivity index (χ1) is 19.1. The lowest BCUT2D eigenvalue weighted by atomic mass is 9.93. The minimum Gasteiger partial charge on any atom is -0.393 e. The van der Waals surface area contributed by atoms with Gasteiger partial charge < -0.3 is 10.8 Å². The van der Waals surface area contributed by atoms with E-state index >= 15 is 0 Å². The van der Waals surface area contributed by atoms with Crippen molar-refractivity contribution in [1.82, 2.24) is 0 Å². The smallest absolute Gasteiger partial charge is 0.220 e. The maximum Gasteiger partial charge on any atom is 0.220 e. The van der Waals surface area contributed by atoms with Crippen molar-refractivity contribution in [2.24, 2.45) is 11.7 Å². The summed E-state index contributed by atoms with van der Waals surface area (Å²) in [7, 11) is 0. The molecule has 0 saturated carbocycles. The summed E-state index contributed by atoms with van der Waals surface area (Å²) in [5.41, 5.74) is 5.71. The molecule has 0 aliphatic rings. The zero-order valence-corrected chi connectivity index (χ0v) is 27.0. The second-order valence-electron chi connectivity index (χ2n) is 12.7. The van der Waals surface area contributed by atoms with Crippen molar-refractivity contribution in [1.29, 1.82) is 0 Å². The van der Waals surface area contributed by atoms with E-state index in [1.54, 1.807) is 0 Å². The largest absolute Gasteiger partial charge is 0.393 e. The maximum atomic E-state index is 11.9. The topological polar surface area (TPSA) is 63.3 Å². The summed E-state index contributed by atoms with van der Waals surface area (Å²) in [6, 6.07) is 0. The second-order valence-corrected chi connectivity index (χ2v) is 12.7. The molecule has 39 heavy (non-hydrogen) atoms. The van der Waals surface area contributed by atoms with Crippen LogP contribution in [0.4, 0.5) is 0 Å². The lowest BCUT2D eigenvalue weighted by Crippen LogP contribution is -2.23. The molecule has 0 aromatic heterocycles. The number of aliphatic hydroxyl groups is 1. The molecule has 0 rings (SSSR count). The Bertz CT molecular complexity index is 481. The Labute approximate surface area is 246 Å². The van der Waals surface area contributed by atoms with Gasteiger partial charge in [0.2, 0.25) is 5.91 Å². The zero-order valence-electron chi connectivity index (χ0n) is 27.0. The third-order valence-corrected chi connectivity index (χ3v) is 8.79. The molecular weight excluding hydrogens is 478 g/mol. The van der Waals surface area contributed by atoms with Crippen LogP contribution in [0.1, 0.15) is 213 Å². The summed E-state index contributed by atoms with van der Waals surface area (Å²) in [5, 5.41) is 10.1. The van der Waals surface area contributed by atoms with Gasteiger partial charge in [0, 0.05) is 5.92 Å². The lowest BCUT2D eigenvalue weighted by Gasteiger charge is -2.13. The van der Waals surface area contributed by atoms with Crippen LogP contribution in [0.5, 0.6) is 0 Å². The summed E-state index contributed by atoms with van der Waals surface area (Å²) < 4.78 is 0. The number of primary amides is 1. The molecule has 3 heteroatoms. The molecule has 1 amide bonds. The Morgan fingerprint density at radius 1 is 0.436 bits per heavy atom. The number of amides is 1. The first kappa shape index (κ1) is 38.4. The highest BCUT2D eigenvalue weighted by atomic mass is 16.3. The van der Waals surface area contributed by atoms with Crippen molar-refractivity contribution < 1.29 is 9.90 Å². The van der Waals surface area contributed by atoms with E-state index in [9.17, 15) is 9.90 Å². The number of hydrogen-bond acceptors (Lipinski definition) is 2. The van der Waals surface area contributed by atoms with Gasteiger partial charge in [-0.2, -0.15) is 0 Å². The van der Waals surface area contributed by atoms with Gasteiger partial charge in [-0.05, 0) is 25.7 Å². The predicted molar refractivity (Wildman–Crippen MR) is 173 cm³/mol. The van der Waals surface area contributed by atoms with Gasteiger partial charge in [-0.1, -0.05) is 187 Å². The highest BCUT2D eigenvalue weighted by Gasteiger charge is 2.14. The second kappa shape index (κ2) is 32.0. The quantitative estimate of drug-likeness (QED) is 0.0796. The van der Waals surface area contributed by atoms with Crippen LogP contribution in [0.25, 0.3) is 0 Å². The van der Waals surface area contributed by atoms with Crippen molar-refractivity contribution in [3.8, 4) is 0 Å². The van der Waals surface area contributed by atoms with E-state index in [1.807, 2.05) is 0 Å². The highest BCUT2D eigenvalue weighted by Crippen LogP contribution is 2.20. The van der Waals surface area contributed by atoms with Crippen molar-refractivity contribution in [2.45, 2.75) is 219 Å². The summed E-state index contributed by atoms with van der Waals surface area (Å²) in [6.07, 6.45) is 39.6. The minimum absolute atomic E-state index is 0.0794. The van der Waals surface area contributed by atoms with E-state index in [0.717, 1.165) is 44.9 Å². The van der Waals surface area contributed by atoms with Crippen LogP contribution in [0, 0.1) is 5.92 Å². The van der Waals surface area contributed by atoms with E-state index in [1.165, 1.54) is 154 Å². The molecule has 2 atom stereocenters. The molecule has 0 fully saturated rings. The van der Waals surface area contributed by atoms with Crippen LogP contribution in [0.15, 0.2) is 0 Å². The van der Waals surface area contributed by atoms with Crippen LogP contribution in [0.3, 0.4) is 0 Å². The number of unbranched alkanes of at least 4 members (excludes halogenated alkanes) is 24. The minimum atomic E-state index is -0.0815. The van der Waals surface area contributed by atoms with E-state index < -0.39 is 0 Å². The fraction of sp³-hybridized carbons (Fsp3) is 0.972. The molecule has 3 nitrogen and oxygen atoms in total. The molecule has 0 radical (unpaired) electrons. The van der Waals surface area contributed by atoms with Crippen LogP contribution in [-0.4, -0.2) is 17.1 Å². The number of aliphatic hydroxyl groups excluding tert-OH is 1. The normalized spacial score (nSPS) is 13.1. The molecule has 2 unspecified atom stereocenters. The zero-order chi connectivity index (χ0) is 28.7. The van der Waals surface area contributed by atoms with Crippen LogP contribution < -0.4 is 5.73 Å². The van der Waals surface area contributed by atoms with Gasteiger partial charge in [0.15, 0.2) is 0 Å². The van der Waals surface area contributed by atoms with Crippen LogP contribution in [-0.2, 0) is 4.79 Å². The average Bonchev–Trinajstić information content (AvgIpc) is 2.92. The molecule has 0 bridgehead atoms. The fourth-order valence-corrected chi connectivity index (χ4v) is 5.97.